The van der Waals surface area contributed by atoms with Crippen LogP contribution in [-0.4, -0.2) is 19.0 Å². The van der Waals surface area contributed by atoms with Crippen molar-refractivity contribution < 1.29 is 9.53 Å². The van der Waals surface area contributed by atoms with Crippen LogP contribution in [0.25, 0.3) is 12.2 Å². The number of hydrogen-bond acceptors (Lipinski definition) is 3. The Bertz CT molecular complexity index is 900. The summed E-state index contributed by atoms with van der Waals surface area (Å²) in [5, 5.41) is 6.44. The molecule has 2 aromatic rings. The fraction of sp³-hybridized carbons (Fsp3) is 0.261. The molecule has 0 fully saturated rings. The summed E-state index contributed by atoms with van der Waals surface area (Å²) in [6, 6.07) is 14.3. The van der Waals surface area contributed by atoms with Gasteiger partial charge in [-0.15, -0.1) is 0 Å². The van der Waals surface area contributed by atoms with Gasteiger partial charge in [0.15, 0.2) is 0 Å². The highest BCUT2D eigenvalue weighted by molar-refractivity contribution is 5.83. The van der Waals surface area contributed by atoms with E-state index in [1.54, 1.807) is 0 Å². The number of fused-ring (bicyclic) bond motifs is 3. The number of ether oxygens (including phenoxy) is 1. The molecule has 2 aromatic carbocycles. The first-order valence-corrected chi connectivity index (χ1v) is 9.52. The lowest BCUT2D eigenvalue weighted by Crippen LogP contribution is -2.29. The van der Waals surface area contributed by atoms with Crippen LogP contribution in [0.4, 0.5) is 5.69 Å². The number of rotatable bonds is 5. The van der Waals surface area contributed by atoms with Crippen LogP contribution < -0.4 is 15.4 Å². The van der Waals surface area contributed by atoms with Crippen LogP contribution in [0.15, 0.2) is 54.1 Å². The van der Waals surface area contributed by atoms with Gasteiger partial charge in [0.2, 0.25) is 5.91 Å². The monoisotopic (exact) mass is 360 g/mol. The van der Waals surface area contributed by atoms with E-state index in [0.717, 1.165) is 46.7 Å². The molecular weight excluding hydrogens is 336 g/mol. The zero-order valence-corrected chi connectivity index (χ0v) is 15.5. The molecule has 0 saturated carbocycles. The maximum absolute atomic E-state index is 12.0. The van der Waals surface area contributed by atoms with Crippen molar-refractivity contribution in [3.8, 4) is 5.75 Å². The normalized spacial score (nSPS) is 17.1. The third-order valence-corrected chi connectivity index (χ3v) is 4.92. The fourth-order valence-electron chi connectivity index (χ4n) is 3.58. The Hall–Kier alpha value is -3.01. The number of anilines is 1. The number of carbonyl (C=O) groups excluding carboxylic acids is 1. The number of carbonyl (C=O) groups is 1. The third kappa shape index (κ3) is 3.61. The van der Waals surface area contributed by atoms with E-state index in [0.29, 0.717) is 13.0 Å². The molecule has 2 heterocycles. The summed E-state index contributed by atoms with van der Waals surface area (Å²) < 4.78 is 6.41. The maximum Gasteiger partial charge on any atom is 0.220 e. The molecule has 0 saturated heterocycles. The van der Waals surface area contributed by atoms with Gasteiger partial charge in [-0.25, -0.2) is 0 Å². The number of benzene rings is 2. The molecule has 1 atom stereocenters. The average Bonchev–Trinajstić information content (AvgIpc) is 2.72. The maximum atomic E-state index is 12.0. The molecule has 2 N–H and O–H groups in total. The number of hydrogen-bond donors (Lipinski definition) is 2. The molecule has 4 nitrogen and oxygen atoms in total. The van der Waals surface area contributed by atoms with Crippen LogP contribution >= 0.6 is 0 Å². The smallest absolute Gasteiger partial charge is 0.220 e. The molecule has 2 aliphatic rings. The molecule has 2 aliphatic heterocycles. The van der Waals surface area contributed by atoms with Crippen LogP contribution in [0.3, 0.4) is 0 Å². The van der Waals surface area contributed by atoms with Crippen molar-refractivity contribution in [1.29, 1.82) is 0 Å². The second-order valence-corrected chi connectivity index (χ2v) is 6.88. The van der Waals surface area contributed by atoms with E-state index in [1.165, 1.54) is 0 Å². The van der Waals surface area contributed by atoms with Gasteiger partial charge in [0.1, 0.15) is 11.9 Å². The molecule has 0 aromatic heterocycles. The summed E-state index contributed by atoms with van der Waals surface area (Å²) in [4.78, 5) is 12.0. The first-order chi connectivity index (χ1) is 13.3. The molecule has 0 radical (unpaired) electrons. The highest BCUT2D eigenvalue weighted by Gasteiger charge is 2.27. The standard InChI is InChI=1S/C23H24N2O2/c1-2-7-22(26)25-15-17-14-19-18-10-6-13-24-20(18)11-12-21(19)27-23(17)16-8-4-3-5-9-16/h3-6,8-12,14,23-24H,2,7,13,15H2,1H3,(H,25,26). The Kier molecular flexibility index (Phi) is 4.97. The van der Waals surface area contributed by atoms with E-state index in [2.05, 4.69) is 47.1 Å². The number of nitrogens with one attached hydrogen (secondary N) is 2. The van der Waals surface area contributed by atoms with Crippen LogP contribution in [0.1, 0.15) is 42.6 Å². The molecule has 27 heavy (non-hydrogen) atoms. The Balaban J connectivity index is 1.71. The third-order valence-electron chi connectivity index (χ3n) is 4.92. The number of amides is 1. The van der Waals surface area contributed by atoms with Crippen LogP contribution in [0.2, 0.25) is 0 Å². The zero-order valence-electron chi connectivity index (χ0n) is 15.5. The lowest BCUT2D eigenvalue weighted by Gasteiger charge is -2.30. The second kappa shape index (κ2) is 7.70. The zero-order chi connectivity index (χ0) is 18.6. The molecular formula is C23H24N2O2. The van der Waals surface area contributed by atoms with E-state index < -0.39 is 0 Å². The van der Waals surface area contributed by atoms with Crippen molar-refractivity contribution in [2.45, 2.75) is 25.9 Å². The van der Waals surface area contributed by atoms with E-state index in [9.17, 15) is 4.79 Å². The van der Waals surface area contributed by atoms with Crippen LogP contribution in [-0.2, 0) is 4.79 Å². The predicted octanol–water partition coefficient (Wildman–Crippen LogP) is 4.56. The second-order valence-electron chi connectivity index (χ2n) is 6.88. The first kappa shape index (κ1) is 17.4. The molecule has 138 valence electrons. The highest BCUT2D eigenvalue weighted by Crippen LogP contribution is 2.41. The summed E-state index contributed by atoms with van der Waals surface area (Å²) in [6.07, 6.45) is 7.63. The van der Waals surface area contributed by atoms with Gasteiger partial charge in [-0.1, -0.05) is 49.4 Å². The molecule has 4 rings (SSSR count). The minimum Gasteiger partial charge on any atom is -0.481 e. The van der Waals surface area contributed by atoms with E-state index >= 15 is 0 Å². The summed E-state index contributed by atoms with van der Waals surface area (Å²) in [5.41, 5.74) is 5.48. The Morgan fingerprint density at radius 3 is 2.85 bits per heavy atom. The van der Waals surface area contributed by atoms with Gasteiger partial charge in [0.05, 0.1) is 0 Å². The van der Waals surface area contributed by atoms with Gasteiger partial charge < -0.3 is 15.4 Å². The van der Waals surface area contributed by atoms with Crippen molar-refractivity contribution in [3.05, 3.63) is 70.8 Å². The Morgan fingerprint density at radius 2 is 2.04 bits per heavy atom. The van der Waals surface area contributed by atoms with E-state index in [-0.39, 0.29) is 12.0 Å². The largest absolute Gasteiger partial charge is 0.481 e. The van der Waals surface area contributed by atoms with Crippen molar-refractivity contribution >= 4 is 23.7 Å². The van der Waals surface area contributed by atoms with Gasteiger partial charge in [-0.3, -0.25) is 4.79 Å². The van der Waals surface area contributed by atoms with E-state index in [1.807, 2.05) is 31.2 Å². The van der Waals surface area contributed by atoms with Crippen LogP contribution in [0.5, 0.6) is 5.75 Å². The van der Waals surface area contributed by atoms with Crippen molar-refractivity contribution in [1.82, 2.24) is 5.32 Å². The van der Waals surface area contributed by atoms with Crippen molar-refractivity contribution in [2.75, 3.05) is 18.4 Å². The summed E-state index contributed by atoms with van der Waals surface area (Å²) in [5.74, 6) is 0.951. The molecule has 0 spiro atoms. The van der Waals surface area contributed by atoms with Gasteiger partial charge in [-0.05, 0) is 35.8 Å². The SMILES string of the molecule is CCCC(=O)NCC1=Cc2c(ccc3c2C=CCN3)OC1c1ccccc1. The topological polar surface area (TPSA) is 50.4 Å². The molecule has 0 aliphatic carbocycles. The molecule has 1 unspecified atom stereocenters. The summed E-state index contributed by atoms with van der Waals surface area (Å²) in [6.45, 7) is 3.33. The Morgan fingerprint density at radius 1 is 1.19 bits per heavy atom. The molecule has 4 heteroatoms. The van der Waals surface area contributed by atoms with E-state index in [4.69, 9.17) is 4.74 Å². The summed E-state index contributed by atoms with van der Waals surface area (Å²) >= 11 is 0. The minimum absolute atomic E-state index is 0.0765. The van der Waals surface area contributed by atoms with Gasteiger partial charge in [-0.2, -0.15) is 0 Å². The lowest BCUT2D eigenvalue weighted by molar-refractivity contribution is -0.120. The van der Waals surface area contributed by atoms with Gasteiger partial charge in [0.25, 0.3) is 0 Å². The van der Waals surface area contributed by atoms with Gasteiger partial charge in [0, 0.05) is 36.3 Å². The Labute approximate surface area is 159 Å². The predicted molar refractivity (Wildman–Crippen MR) is 110 cm³/mol. The fourth-order valence-corrected chi connectivity index (χ4v) is 3.58. The quantitative estimate of drug-likeness (QED) is 0.822. The summed E-state index contributed by atoms with van der Waals surface area (Å²) in [7, 11) is 0. The molecule has 0 bridgehead atoms. The lowest BCUT2D eigenvalue weighted by atomic mass is 9.92. The highest BCUT2D eigenvalue weighted by atomic mass is 16.5. The van der Waals surface area contributed by atoms with Gasteiger partial charge >= 0.3 is 0 Å². The van der Waals surface area contributed by atoms with Crippen molar-refractivity contribution in [3.63, 3.8) is 0 Å². The molecule has 1 amide bonds. The first-order valence-electron chi connectivity index (χ1n) is 9.52. The van der Waals surface area contributed by atoms with Crippen molar-refractivity contribution in [2.24, 2.45) is 0 Å². The average molecular weight is 360 g/mol. The van der Waals surface area contributed by atoms with Crippen LogP contribution in [0, 0.1) is 0 Å². The minimum atomic E-state index is -0.195.